The molecule has 0 aliphatic carbocycles. The Morgan fingerprint density at radius 1 is 1.02 bits per heavy atom. The van der Waals surface area contributed by atoms with Gasteiger partial charge in [-0.1, -0.05) is 42.5 Å². The van der Waals surface area contributed by atoms with Crippen LogP contribution < -0.4 is 0 Å². The van der Waals surface area contributed by atoms with Crippen molar-refractivity contribution in [2.24, 2.45) is 7.05 Å². The molecule has 1 aliphatic rings. The van der Waals surface area contributed by atoms with Gasteiger partial charge in [0.05, 0.1) is 12.2 Å². The number of nitrogens with zero attached hydrogens (tertiary/aromatic N) is 3. The minimum Gasteiger partial charge on any atom is -0.478 e. The summed E-state index contributed by atoms with van der Waals surface area (Å²) in [7, 11) is 1.87. The van der Waals surface area contributed by atoms with Gasteiger partial charge in [-0.3, -0.25) is 9.58 Å². The average molecular weight is 560 g/mol. The third kappa shape index (κ3) is 6.12. The molecule has 0 fully saturated rings. The van der Waals surface area contributed by atoms with Crippen LogP contribution in [0.15, 0.2) is 73.1 Å². The number of aryl methyl sites for hydroxylation is 1. The first-order chi connectivity index (χ1) is 19.4. The lowest BCUT2D eigenvalue weighted by atomic mass is 9.82. The number of alkyl halides is 1. The first-order valence-electron chi connectivity index (χ1n) is 13.5. The van der Waals surface area contributed by atoms with Crippen molar-refractivity contribution < 1.29 is 23.1 Å². The highest BCUT2D eigenvalue weighted by Gasteiger charge is 2.39. The number of hydrogen-bond donors (Lipinski definition) is 1. The van der Waals surface area contributed by atoms with Gasteiger partial charge in [0.1, 0.15) is 17.3 Å². The Bertz CT molecular complexity index is 1600. The van der Waals surface area contributed by atoms with Crippen molar-refractivity contribution in [1.82, 2.24) is 14.7 Å². The molecular formula is C33H32F3N3O2. The number of carboxylic acids is 1. The van der Waals surface area contributed by atoms with Gasteiger partial charge in [0.15, 0.2) is 0 Å². The second-order valence-electron chi connectivity index (χ2n) is 11.3. The van der Waals surface area contributed by atoms with Gasteiger partial charge in [0.2, 0.25) is 0 Å². The van der Waals surface area contributed by atoms with Gasteiger partial charge in [-0.15, -0.1) is 0 Å². The minimum atomic E-state index is -1.60. The highest BCUT2D eigenvalue weighted by Crippen LogP contribution is 2.42. The van der Waals surface area contributed by atoms with Crippen LogP contribution in [-0.2, 0) is 18.3 Å². The molecule has 1 aromatic heterocycles. The third-order valence-electron chi connectivity index (χ3n) is 7.46. The standard InChI is InChI=1S/C33H32F3N3O2/c1-20-13-25-16-24(22-6-8-23(9-7-22)26-17-37-38(4)18-26)10-11-27(25)32(39(20)19-33(2,3)36)31-28(34)14-21(15-29(31)35)5-12-30(40)41/h5-12,14-18,20,32H,13,19H2,1-4H3,(H,40,41)/b12-5+. The fourth-order valence-corrected chi connectivity index (χ4v) is 5.65. The molecular weight excluding hydrogens is 527 g/mol. The van der Waals surface area contributed by atoms with Crippen LogP contribution in [0.2, 0.25) is 0 Å². The van der Waals surface area contributed by atoms with Gasteiger partial charge in [0.25, 0.3) is 0 Å². The summed E-state index contributed by atoms with van der Waals surface area (Å²) in [5.41, 5.74) is 4.02. The first kappa shape index (κ1) is 28.4. The van der Waals surface area contributed by atoms with Crippen LogP contribution in [0.4, 0.5) is 13.2 Å². The fraction of sp³-hybridized carbons (Fsp3) is 0.273. The molecule has 0 radical (unpaired) electrons. The monoisotopic (exact) mass is 559 g/mol. The molecule has 8 heteroatoms. The minimum absolute atomic E-state index is 0.0185. The number of carbonyl (C=O) groups is 1. The van der Waals surface area contributed by atoms with Gasteiger partial charge in [0, 0.05) is 43.0 Å². The van der Waals surface area contributed by atoms with E-state index < -0.39 is 29.3 Å². The van der Waals surface area contributed by atoms with Crippen LogP contribution in [0.25, 0.3) is 28.3 Å². The van der Waals surface area contributed by atoms with E-state index in [1.165, 1.54) is 13.8 Å². The van der Waals surface area contributed by atoms with E-state index in [9.17, 15) is 9.18 Å². The van der Waals surface area contributed by atoms with Gasteiger partial charge in [-0.05, 0) is 78.8 Å². The molecule has 1 N–H and O–H groups in total. The summed E-state index contributed by atoms with van der Waals surface area (Å²) in [5, 5.41) is 13.1. The Morgan fingerprint density at radius 3 is 2.20 bits per heavy atom. The summed E-state index contributed by atoms with van der Waals surface area (Å²) >= 11 is 0. The number of hydrogen-bond acceptors (Lipinski definition) is 3. The maximum Gasteiger partial charge on any atom is 0.328 e. The van der Waals surface area contributed by atoms with Crippen molar-refractivity contribution in [3.05, 3.63) is 107 Å². The van der Waals surface area contributed by atoms with Crippen LogP contribution in [-0.4, -0.2) is 44.0 Å². The molecule has 0 spiro atoms. The van der Waals surface area contributed by atoms with E-state index in [4.69, 9.17) is 5.11 Å². The number of carboxylic acid groups (broad SMARTS) is 1. The van der Waals surface area contributed by atoms with Gasteiger partial charge in [-0.2, -0.15) is 5.10 Å². The molecule has 1 aliphatic heterocycles. The Balaban J connectivity index is 1.57. The second-order valence-corrected chi connectivity index (χ2v) is 11.3. The number of benzene rings is 3. The van der Waals surface area contributed by atoms with Crippen LogP contribution in [0, 0.1) is 11.6 Å². The maximum absolute atomic E-state index is 15.6. The fourth-order valence-electron chi connectivity index (χ4n) is 5.65. The van der Waals surface area contributed by atoms with Crippen LogP contribution in [0.3, 0.4) is 0 Å². The Kier molecular flexibility index (Phi) is 7.62. The Labute approximate surface area is 237 Å². The van der Waals surface area contributed by atoms with Crippen molar-refractivity contribution in [2.75, 3.05) is 6.54 Å². The normalized spacial score (nSPS) is 17.6. The molecule has 2 heterocycles. The zero-order valence-corrected chi connectivity index (χ0v) is 23.4. The van der Waals surface area contributed by atoms with Gasteiger partial charge in [-0.25, -0.2) is 18.0 Å². The van der Waals surface area contributed by atoms with Crippen LogP contribution in [0.5, 0.6) is 0 Å². The molecule has 2 unspecified atom stereocenters. The SMILES string of the molecule is CC1Cc2cc(-c3ccc(-c4cnn(C)c4)cc3)ccc2C(c2c(F)cc(/C=C/C(=O)O)cc2F)N1CC(C)(C)F. The van der Waals surface area contributed by atoms with Gasteiger partial charge < -0.3 is 5.11 Å². The highest BCUT2D eigenvalue weighted by molar-refractivity contribution is 5.85. The molecule has 41 heavy (non-hydrogen) atoms. The Morgan fingerprint density at radius 2 is 1.63 bits per heavy atom. The molecule has 5 rings (SSSR count). The topological polar surface area (TPSA) is 58.4 Å². The number of aromatic nitrogens is 2. The van der Waals surface area contributed by atoms with E-state index in [0.29, 0.717) is 6.42 Å². The summed E-state index contributed by atoms with van der Waals surface area (Å²) in [4.78, 5) is 12.7. The van der Waals surface area contributed by atoms with Gasteiger partial charge >= 0.3 is 5.97 Å². The van der Waals surface area contributed by atoms with E-state index >= 15 is 8.78 Å². The summed E-state index contributed by atoms with van der Waals surface area (Å²) in [5.74, 6) is -2.84. The molecule has 0 bridgehead atoms. The lowest BCUT2D eigenvalue weighted by Gasteiger charge is -2.44. The predicted molar refractivity (Wildman–Crippen MR) is 154 cm³/mol. The third-order valence-corrected chi connectivity index (χ3v) is 7.46. The summed E-state index contributed by atoms with van der Waals surface area (Å²) in [6.07, 6.45) is 6.32. The van der Waals surface area contributed by atoms with Crippen molar-refractivity contribution in [1.29, 1.82) is 0 Å². The predicted octanol–water partition coefficient (Wildman–Crippen LogP) is 7.21. The number of fused-ring (bicyclic) bond motifs is 1. The van der Waals surface area contributed by atoms with E-state index in [2.05, 4.69) is 11.2 Å². The molecule has 0 amide bonds. The Hall–Kier alpha value is -4.17. The number of rotatable bonds is 7. The quantitative estimate of drug-likeness (QED) is 0.243. The smallest absolute Gasteiger partial charge is 0.328 e. The van der Waals surface area contributed by atoms with E-state index in [0.717, 1.165) is 57.7 Å². The van der Waals surface area contributed by atoms with Crippen molar-refractivity contribution in [3.63, 3.8) is 0 Å². The lowest BCUT2D eigenvalue weighted by molar-refractivity contribution is -0.131. The molecule has 5 nitrogen and oxygen atoms in total. The maximum atomic E-state index is 15.6. The van der Waals surface area contributed by atoms with Crippen LogP contribution in [0.1, 0.15) is 49.1 Å². The summed E-state index contributed by atoms with van der Waals surface area (Å²) in [6.45, 7) is 4.83. The molecule has 3 aromatic carbocycles. The van der Waals surface area contributed by atoms with Crippen LogP contribution >= 0.6 is 0 Å². The molecule has 0 saturated heterocycles. The zero-order valence-electron chi connectivity index (χ0n) is 23.4. The molecule has 0 saturated carbocycles. The number of aliphatic carboxylic acids is 1. The van der Waals surface area contributed by atoms with Crippen molar-refractivity contribution >= 4 is 12.0 Å². The van der Waals surface area contributed by atoms with Crippen molar-refractivity contribution in [3.8, 4) is 22.3 Å². The molecule has 212 valence electrons. The van der Waals surface area contributed by atoms with E-state index in [-0.39, 0.29) is 23.7 Å². The summed E-state index contributed by atoms with van der Waals surface area (Å²) in [6, 6.07) is 15.2. The zero-order chi connectivity index (χ0) is 29.5. The average Bonchev–Trinajstić information content (AvgIpc) is 3.34. The van der Waals surface area contributed by atoms with Crippen molar-refractivity contribution in [2.45, 2.75) is 44.9 Å². The summed E-state index contributed by atoms with van der Waals surface area (Å²) < 4.78 is 48.0. The highest BCUT2D eigenvalue weighted by atomic mass is 19.1. The van der Waals surface area contributed by atoms with E-state index in [1.807, 2.05) is 67.7 Å². The molecule has 2 atom stereocenters. The first-order valence-corrected chi connectivity index (χ1v) is 13.5. The molecule has 4 aromatic rings. The lowest BCUT2D eigenvalue weighted by Crippen LogP contribution is -2.48. The number of halogens is 3. The second kappa shape index (κ2) is 11.0. The largest absolute Gasteiger partial charge is 0.478 e. The van der Waals surface area contributed by atoms with E-state index in [1.54, 1.807) is 4.68 Å².